The third-order valence-electron chi connectivity index (χ3n) is 5.20. The van der Waals surface area contributed by atoms with Crippen LogP contribution in [0.3, 0.4) is 0 Å². The second-order valence-corrected chi connectivity index (χ2v) is 7.38. The predicted octanol–water partition coefficient (Wildman–Crippen LogP) is 4.92. The van der Waals surface area contributed by atoms with E-state index in [2.05, 4.69) is 67.7 Å². The molecule has 0 radical (unpaired) electrons. The van der Waals surface area contributed by atoms with E-state index in [9.17, 15) is 0 Å². The van der Waals surface area contributed by atoms with Crippen molar-refractivity contribution in [2.45, 2.75) is 45.2 Å². The Labute approximate surface area is 127 Å². The molecule has 0 spiro atoms. The molecule has 21 heavy (non-hydrogen) atoms. The second kappa shape index (κ2) is 4.71. The molecule has 0 aliphatic heterocycles. The van der Waals surface area contributed by atoms with Crippen molar-refractivity contribution in [1.29, 1.82) is 0 Å². The molecule has 108 valence electrons. The van der Waals surface area contributed by atoms with Gasteiger partial charge in [-0.2, -0.15) is 0 Å². The summed E-state index contributed by atoms with van der Waals surface area (Å²) >= 11 is 0. The minimum absolute atomic E-state index is 0.372. The minimum Gasteiger partial charge on any atom is -0.303 e. The van der Waals surface area contributed by atoms with Crippen molar-refractivity contribution in [2.24, 2.45) is 5.41 Å². The van der Waals surface area contributed by atoms with E-state index < -0.39 is 0 Å². The first kappa shape index (κ1) is 13.1. The highest BCUT2D eigenvalue weighted by Gasteiger charge is 2.35. The van der Waals surface area contributed by atoms with E-state index in [1.807, 2.05) is 0 Å². The SMILES string of the molecule is CC1(C)CCC(NC2c3ccccc3-c3ccccc32)C1. The van der Waals surface area contributed by atoms with Crippen LogP contribution in [0.2, 0.25) is 0 Å². The molecule has 4 rings (SSSR count). The molecule has 1 fully saturated rings. The zero-order chi connectivity index (χ0) is 14.4. The summed E-state index contributed by atoms with van der Waals surface area (Å²) in [5.74, 6) is 0. The molecule has 1 N–H and O–H groups in total. The summed E-state index contributed by atoms with van der Waals surface area (Å²) in [4.78, 5) is 0. The summed E-state index contributed by atoms with van der Waals surface area (Å²) in [6, 6.07) is 18.7. The van der Waals surface area contributed by atoms with Crippen molar-refractivity contribution in [3.8, 4) is 11.1 Å². The van der Waals surface area contributed by atoms with Crippen LogP contribution in [-0.2, 0) is 0 Å². The number of hydrogen-bond acceptors (Lipinski definition) is 1. The Morgan fingerprint density at radius 2 is 1.48 bits per heavy atom. The van der Waals surface area contributed by atoms with Gasteiger partial charge in [-0.3, -0.25) is 0 Å². The number of rotatable bonds is 2. The highest BCUT2D eigenvalue weighted by atomic mass is 15.0. The van der Waals surface area contributed by atoms with Crippen molar-refractivity contribution < 1.29 is 0 Å². The summed E-state index contributed by atoms with van der Waals surface area (Å²) < 4.78 is 0. The first-order chi connectivity index (χ1) is 10.1. The Hall–Kier alpha value is -1.60. The number of fused-ring (bicyclic) bond motifs is 3. The topological polar surface area (TPSA) is 12.0 Å². The van der Waals surface area contributed by atoms with Crippen LogP contribution in [0.15, 0.2) is 48.5 Å². The van der Waals surface area contributed by atoms with E-state index in [0.29, 0.717) is 17.5 Å². The van der Waals surface area contributed by atoms with Gasteiger partial charge in [-0.15, -0.1) is 0 Å². The van der Waals surface area contributed by atoms with Gasteiger partial charge in [0.25, 0.3) is 0 Å². The molecule has 2 aliphatic carbocycles. The molecule has 0 bridgehead atoms. The van der Waals surface area contributed by atoms with Crippen molar-refractivity contribution in [1.82, 2.24) is 5.32 Å². The third-order valence-corrected chi connectivity index (χ3v) is 5.20. The maximum atomic E-state index is 3.95. The van der Waals surface area contributed by atoms with Crippen LogP contribution >= 0.6 is 0 Å². The van der Waals surface area contributed by atoms with Crippen molar-refractivity contribution in [2.75, 3.05) is 0 Å². The maximum Gasteiger partial charge on any atom is 0.0591 e. The molecular weight excluding hydrogens is 254 g/mol. The molecule has 0 amide bonds. The fourth-order valence-corrected chi connectivity index (χ4v) is 4.15. The predicted molar refractivity (Wildman–Crippen MR) is 88.3 cm³/mol. The van der Waals surface area contributed by atoms with Gasteiger partial charge < -0.3 is 5.32 Å². The Kier molecular flexibility index (Phi) is 2.93. The normalized spacial score (nSPS) is 23.0. The summed E-state index contributed by atoms with van der Waals surface area (Å²) in [5.41, 5.74) is 6.20. The number of hydrogen-bond donors (Lipinski definition) is 1. The van der Waals surface area contributed by atoms with Gasteiger partial charge in [0.05, 0.1) is 6.04 Å². The van der Waals surface area contributed by atoms with Gasteiger partial charge >= 0.3 is 0 Å². The maximum absolute atomic E-state index is 3.95. The van der Waals surface area contributed by atoms with Crippen LogP contribution < -0.4 is 5.32 Å². The highest BCUT2D eigenvalue weighted by Crippen LogP contribution is 2.45. The fraction of sp³-hybridized carbons (Fsp3) is 0.400. The van der Waals surface area contributed by atoms with E-state index >= 15 is 0 Å². The highest BCUT2D eigenvalue weighted by molar-refractivity contribution is 5.78. The number of benzene rings is 2. The monoisotopic (exact) mass is 277 g/mol. The molecular formula is C20H23N. The first-order valence-electron chi connectivity index (χ1n) is 8.08. The Morgan fingerprint density at radius 3 is 2.00 bits per heavy atom. The Balaban J connectivity index is 1.69. The van der Waals surface area contributed by atoms with Crippen LogP contribution in [0.25, 0.3) is 11.1 Å². The number of nitrogens with one attached hydrogen (secondary N) is 1. The molecule has 1 heteroatoms. The molecule has 0 saturated heterocycles. The van der Waals surface area contributed by atoms with Gasteiger partial charge in [-0.25, -0.2) is 0 Å². The van der Waals surface area contributed by atoms with Crippen molar-refractivity contribution in [3.05, 3.63) is 59.7 Å². The lowest BCUT2D eigenvalue weighted by molar-refractivity contribution is 0.359. The van der Waals surface area contributed by atoms with E-state index in [0.717, 1.165) is 0 Å². The third kappa shape index (κ3) is 2.20. The average molecular weight is 277 g/mol. The average Bonchev–Trinajstić information content (AvgIpc) is 2.99. The molecule has 1 nitrogen and oxygen atoms in total. The molecule has 1 unspecified atom stereocenters. The smallest absolute Gasteiger partial charge is 0.0591 e. The molecule has 1 saturated carbocycles. The zero-order valence-electron chi connectivity index (χ0n) is 12.9. The molecule has 2 aromatic carbocycles. The van der Waals surface area contributed by atoms with Crippen LogP contribution in [0.1, 0.15) is 50.3 Å². The van der Waals surface area contributed by atoms with Gasteiger partial charge in [-0.1, -0.05) is 62.4 Å². The standard InChI is InChI=1S/C20H23N/c1-20(2)12-11-14(13-20)21-19-17-9-5-3-7-15(17)16-8-4-6-10-18(16)19/h3-10,14,19,21H,11-13H2,1-2H3. The van der Waals surface area contributed by atoms with Crippen LogP contribution in [-0.4, -0.2) is 6.04 Å². The fourth-order valence-electron chi connectivity index (χ4n) is 4.15. The second-order valence-electron chi connectivity index (χ2n) is 7.38. The van der Waals surface area contributed by atoms with Gasteiger partial charge in [-0.05, 0) is 46.9 Å². The first-order valence-corrected chi connectivity index (χ1v) is 8.08. The molecule has 0 aromatic heterocycles. The van der Waals surface area contributed by atoms with E-state index in [4.69, 9.17) is 0 Å². The van der Waals surface area contributed by atoms with Crippen molar-refractivity contribution >= 4 is 0 Å². The van der Waals surface area contributed by atoms with Gasteiger partial charge in [0.1, 0.15) is 0 Å². The lowest BCUT2D eigenvalue weighted by Gasteiger charge is -2.23. The van der Waals surface area contributed by atoms with Gasteiger partial charge in [0.2, 0.25) is 0 Å². The van der Waals surface area contributed by atoms with E-state index in [-0.39, 0.29) is 0 Å². The van der Waals surface area contributed by atoms with Crippen LogP contribution in [0.4, 0.5) is 0 Å². The summed E-state index contributed by atoms with van der Waals surface area (Å²) in [7, 11) is 0. The quantitative estimate of drug-likeness (QED) is 0.821. The van der Waals surface area contributed by atoms with Gasteiger partial charge in [0.15, 0.2) is 0 Å². The lowest BCUT2D eigenvalue weighted by atomic mass is 9.91. The van der Waals surface area contributed by atoms with Crippen molar-refractivity contribution in [3.63, 3.8) is 0 Å². The van der Waals surface area contributed by atoms with Crippen LogP contribution in [0, 0.1) is 5.41 Å². The Bertz CT molecular complexity index is 626. The zero-order valence-corrected chi connectivity index (χ0v) is 12.9. The summed E-state index contributed by atoms with van der Waals surface area (Å²) in [6.45, 7) is 4.79. The minimum atomic E-state index is 0.372. The van der Waals surface area contributed by atoms with E-state index in [1.54, 1.807) is 0 Å². The summed E-state index contributed by atoms with van der Waals surface area (Å²) in [6.07, 6.45) is 3.92. The largest absolute Gasteiger partial charge is 0.303 e. The summed E-state index contributed by atoms with van der Waals surface area (Å²) in [5, 5.41) is 3.95. The van der Waals surface area contributed by atoms with E-state index in [1.165, 1.54) is 41.5 Å². The van der Waals surface area contributed by atoms with Gasteiger partial charge in [0, 0.05) is 6.04 Å². The molecule has 2 aliphatic rings. The van der Waals surface area contributed by atoms with Crippen LogP contribution in [0.5, 0.6) is 0 Å². The molecule has 0 heterocycles. The Morgan fingerprint density at radius 1 is 0.905 bits per heavy atom. The lowest BCUT2D eigenvalue weighted by Crippen LogP contribution is -2.31. The molecule has 2 aromatic rings. The molecule has 1 atom stereocenters.